The monoisotopic (exact) mass is 569 g/mol. The Morgan fingerprint density at radius 2 is 0.533 bits per heavy atom. The zero-order valence-corrected chi connectivity index (χ0v) is 24.5. The highest BCUT2D eigenvalue weighted by molar-refractivity contribution is 6.19. The van der Waals surface area contributed by atoms with Crippen LogP contribution in [0.5, 0.6) is 0 Å². The van der Waals surface area contributed by atoms with Crippen LogP contribution in [0.2, 0.25) is 0 Å². The van der Waals surface area contributed by atoms with Gasteiger partial charge in [-0.1, -0.05) is 97.1 Å². The van der Waals surface area contributed by atoms with Gasteiger partial charge in [0.15, 0.2) is 0 Å². The van der Waals surface area contributed by atoms with Gasteiger partial charge in [-0.3, -0.25) is 0 Å². The zero-order valence-electron chi connectivity index (χ0n) is 24.5. The molecular formula is C44H27N. The summed E-state index contributed by atoms with van der Waals surface area (Å²) in [7, 11) is 0. The summed E-state index contributed by atoms with van der Waals surface area (Å²) in [4.78, 5) is 0. The van der Waals surface area contributed by atoms with Crippen LogP contribution < -0.4 is 5.32 Å². The van der Waals surface area contributed by atoms with Gasteiger partial charge in [0.2, 0.25) is 0 Å². The van der Waals surface area contributed by atoms with Crippen molar-refractivity contribution in [2.45, 2.75) is 0 Å². The van der Waals surface area contributed by atoms with Crippen molar-refractivity contribution in [3.63, 3.8) is 0 Å². The molecule has 208 valence electrons. The fourth-order valence-corrected chi connectivity index (χ4v) is 7.41. The minimum Gasteiger partial charge on any atom is -0.355 e. The first kappa shape index (κ1) is 24.5. The van der Waals surface area contributed by atoms with Crippen molar-refractivity contribution < 1.29 is 0 Å². The van der Waals surface area contributed by atoms with Gasteiger partial charge in [-0.15, -0.1) is 0 Å². The molecular weight excluding hydrogens is 542 g/mol. The van der Waals surface area contributed by atoms with Gasteiger partial charge in [-0.25, -0.2) is 0 Å². The van der Waals surface area contributed by atoms with E-state index in [9.17, 15) is 0 Å². The topological polar surface area (TPSA) is 12.0 Å². The van der Waals surface area contributed by atoms with E-state index in [2.05, 4.69) is 163 Å². The summed E-state index contributed by atoms with van der Waals surface area (Å²) in [6.45, 7) is 0. The fraction of sp³-hybridized carbons (Fsp3) is 0. The van der Waals surface area contributed by atoms with E-state index in [1.807, 2.05) is 0 Å². The minimum atomic E-state index is 1.11. The Morgan fingerprint density at radius 3 is 0.956 bits per heavy atom. The third kappa shape index (κ3) is 3.81. The molecule has 0 spiro atoms. The van der Waals surface area contributed by atoms with Gasteiger partial charge < -0.3 is 5.32 Å². The van der Waals surface area contributed by atoms with Gasteiger partial charge in [0.25, 0.3) is 0 Å². The summed E-state index contributed by atoms with van der Waals surface area (Å²) in [6.07, 6.45) is 0. The molecule has 10 aromatic carbocycles. The summed E-state index contributed by atoms with van der Waals surface area (Å²) in [5.41, 5.74) is 2.23. The van der Waals surface area contributed by atoms with Gasteiger partial charge >= 0.3 is 0 Å². The molecule has 1 N–H and O–H groups in total. The number of nitrogens with one attached hydrogen (secondary N) is 1. The molecule has 0 radical (unpaired) electrons. The highest BCUT2D eigenvalue weighted by Gasteiger charge is 2.11. The molecule has 0 saturated heterocycles. The zero-order chi connectivity index (χ0) is 29.5. The van der Waals surface area contributed by atoms with Crippen LogP contribution in [-0.2, 0) is 0 Å². The summed E-state index contributed by atoms with van der Waals surface area (Å²) < 4.78 is 0. The van der Waals surface area contributed by atoms with E-state index in [0.29, 0.717) is 0 Å². The number of benzene rings is 10. The Hall–Kier alpha value is -5.92. The molecule has 0 bridgehead atoms. The van der Waals surface area contributed by atoms with Gasteiger partial charge in [-0.2, -0.15) is 0 Å². The molecule has 10 aromatic rings. The molecule has 0 unspecified atom stereocenters. The average molecular weight is 570 g/mol. The second-order valence-corrected chi connectivity index (χ2v) is 12.3. The van der Waals surface area contributed by atoms with Crippen molar-refractivity contribution in [1.82, 2.24) is 0 Å². The van der Waals surface area contributed by atoms with E-state index in [1.165, 1.54) is 86.2 Å². The molecule has 0 heterocycles. The average Bonchev–Trinajstić information content (AvgIpc) is 3.08. The molecule has 0 fully saturated rings. The lowest BCUT2D eigenvalue weighted by molar-refractivity contribution is 1.62. The molecule has 1 heteroatoms. The van der Waals surface area contributed by atoms with E-state index < -0.39 is 0 Å². The third-order valence-corrected chi connectivity index (χ3v) is 9.67. The smallest absolute Gasteiger partial charge is 0.0464 e. The first-order valence-corrected chi connectivity index (χ1v) is 15.6. The van der Waals surface area contributed by atoms with E-state index in [-0.39, 0.29) is 0 Å². The highest BCUT2D eigenvalue weighted by Crippen LogP contribution is 2.38. The first-order valence-electron chi connectivity index (χ1n) is 15.6. The number of anilines is 2. The van der Waals surface area contributed by atoms with Gasteiger partial charge in [0.05, 0.1) is 0 Å². The molecule has 0 aromatic heterocycles. The van der Waals surface area contributed by atoms with Crippen molar-refractivity contribution in [2.24, 2.45) is 0 Å². The number of rotatable bonds is 2. The summed E-state index contributed by atoms with van der Waals surface area (Å²) in [6, 6.07) is 58.2. The fourth-order valence-electron chi connectivity index (χ4n) is 7.41. The van der Waals surface area contributed by atoms with Crippen LogP contribution in [-0.4, -0.2) is 0 Å². The minimum absolute atomic E-state index is 1.11. The lowest BCUT2D eigenvalue weighted by atomic mass is 9.95. The van der Waals surface area contributed by atoms with Crippen molar-refractivity contribution in [3.8, 4) is 0 Å². The summed E-state index contributed by atoms with van der Waals surface area (Å²) >= 11 is 0. The normalized spacial score (nSPS) is 12.0. The van der Waals surface area contributed by atoms with Gasteiger partial charge in [0, 0.05) is 22.1 Å². The third-order valence-electron chi connectivity index (χ3n) is 9.67. The number of hydrogen-bond donors (Lipinski definition) is 1. The van der Waals surface area contributed by atoms with E-state index in [4.69, 9.17) is 0 Å². The quantitative estimate of drug-likeness (QED) is 0.161. The van der Waals surface area contributed by atoms with Crippen molar-refractivity contribution in [3.05, 3.63) is 158 Å². The highest BCUT2D eigenvalue weighted by atomic mass is 14.9. The first-order chi connectivity index (χ1) is 22.2. The van der Waals surface area contributed by atoms with Gasteiger partial charge in [0.1, 0.15) is 0 Å². The number of hydrogen-bond acceptors (Lipinski definition) is 1. The Kier molecular flexibility index (Phi) is 5.06. The molecule has 10 rings (SSSR count). The predicted molar refractivity (Wildman–Crippen MR) is 196 cm³/mol. The Morgan fingerprint density at radius 1 is 0.222 bits per heavy atom. The molecule has 1 nitrogen and oxygen atoms in total. The van der Waals surface area contributed by atoms with Crippen LogP contribution in [0.1, 0.15) is 0 Å². The second-order valence-electron chi connectivity index (χ2n) is 12.3. The molecule has 0 amide bonds. The standard InChI is InChI=1S/C44H27N/c1-3-9-29-23-37-33(19-27(29)7-1)15-17-35-21-31-11-5-13-43(41(31)25-39(35)37)45-44-14-6-12-32-22-36-18-16-34-20-28-8-2-4-10-30(28)24-38(34)40(36)26-42(32)44/h1-26,45H. The second kappa shape index (κ2) is 9.29. The largest absolute Gasteiger partial charge is 0.355 e. The van der Waals surface area contributed by atoms with Crippen molar-refractivity contribution in [1.29, 1.82) is 0 Å². The SMILES string of the molecule is c1ccc2cc3c(ccc4cc5cccc(Nc6cccc7cc8ccc9cc%10ccccc%10cc9c8cc67)c5cc43)cc2c1. The Balaban J connectivity index is 1.18. The Labute approximate surface area is 259 Å². The van der Waals surface area contributed by atoms with Crippen LogP contribution in [0.15, 0.2) is 158 Å². The molecule has 0 saturated carbocycles. The van der Waals surface area contributed by atoms with Crippen LogP contribution in [0, 0.1) is 0 Å². The molecule has 0 aliphatic heterocycles. The molecule has 0 aliphatic carbocycles. The van der Waals surface area contributed by atoms with Crippen LogP contribution in [0.25, 0.3) is 86.2 Å². The lowest BCUT2D eigenvalue weighted by Gasteiger charge is -2.15. The van der Waals surface area contributed by atoms with Crippen LogP contribution in [0.4, 0.5) is 11.4 Å². The van der Waals surface area contributed by atoms with Crippen molar-refractivity contribution in [2.75, 3.05) is 5.32 Å². The molecule has 45 heavy (non-hydrogen) atoms. The van der Waals surface area contributed by atoms with Crippen LogP contribution >= 0.6 is 0 Å². The molecule has 0 aliphatic rings. The van der Waals surface area contributed by atoms with Gasteiger partial charge in [-0.05, 0) is 136 Å². The molecule has 0 atom stereocenters. The van der Waals surface area contributed by atoms with E-state index in [1.54, 1.807) is 0 Å². The predicted octanol–water partition coefficient (Wildman–Crippen LogP) is 12.7. The van der Waals surface area contributed by atoms with E-state index in [0.717, 1.165) is 11.4 Å². The van der Waals surface area contributed by atoms with Crippen molar-refractivity contribution >= 4 is 97.6 Å². The maximum Gasteiger partial charge on any atom is 0.0464 e. The maximum absolute atomic E-state index is 3.87. The van der Waals surface area contributed by atoms with Crippen LogP contribution in [0.3, 0.4) is 0 Å². The number of fused-ring (bicyclic) bond motifs is 10. The maximum atomic E-state index is 3.87. The van der Waals surface area contributed by atoms with E-state index >= 15 is 0 Å². The summed E-state index contributed by atoms with van der Waals surface area (Å²) in [5, 5.41) is 24.1. The lowest BCUT2D eigenvalue weighted by Crippen LogP contribution is -1.93. The summed E-state index contributed by atoms with van der Waals surface area (Å²) in [5.74, 6) is 0. The Bertz CT molecular complexity index is 2650.